The van der Waals surface area contributed by atoms with Gasteiger partial charge in [-0.25, -0.2) is 13.1 Å². The average Bonchev–Trinajstić information content (AvgIpc) is 2.73. The van der Waals surface area contributed by atoms with Crippen LogP contribution in [0.2, 0.25) is 0 Å². The third kappa shape index (κ3) is 3.62. The highest BCUT2D eigenvalue weighted by atomic mass is 32.2. The monoisotopic (exact) mass is 246 g/mol. The maximum atomic E-state index is 11.7. The quantitative estimate of drug-likeness (QED) is 0.708. The Morgan fingerprint density at radius 2 is 2.12 bits per heavy atom. The molecule has 3 N–H and O–H groups in total. The van der Waals surface area contributed by atoms with Crippen LogP contribution < -0.4 is 10.5 Å². The number of unbranched alkanes of at least 4 members (excludes halogenated alkanes) is 2. The summed E-state index contributed by atoms with van der Waals surface area (Å²) in [5, 5.41) is -0.0653. The number of furan rings is 1. The fourth-order valence-electron chi connectivity index (χ4n) is 1.27. The van der Waals surface area contributed by atoms with E-state index in [9.17, 15) is 8.42 Å². The van der Waals surface area contributed by atoms with E-state index in [0.717, 1.165) is 19.3 Å². The first kappa shape index (κ1) is 13.2. The first-order valence-corrected chi connectivity index (χ1v) is 6.87. The van der Waals surface area contributed by atoms with Crippen molar-refractivity contribution in [3.05, 3.63) is 17.9 Å². The Balaban J connectivity index is 2.56. The van der Waals surface area contributed by atoms with Crippen molar-refractivity contribution in [2.75, 3.05) is 6.54 Å². The second-order valence-corrected chi connectivity index (χ2v) is 5.23. The van der Waals surface area contributed by atoms with Crippen molar-refractivity contribution < 1.29 is 12.8 Å². The molecule has 1 aromatic heterocycles. The Kier molecular flexibility index (Phi) is 4.98. The van der Waals surface area contributed by atoms with Gasteiger partial charge in [0.15, 0.2) is 0 Å². The van der Waals surface area contributed by atoms with E-state index in [0.29, 0.717) is 12.3 Å². The van der Waals surface area contributed by atoms with Crippen LogP contribution in [-0.2, 0) is 16.6 Å². The third-order valence-electron chi connectivity index (χ3n) is 2.18. The summed E-state index contributed by atoms with van der Waals surface area (Å²) in [6.07, 6.45) is 2.90. The number of nitrogens with one attached hydrogen (secondary N) is 1. The number of rotatable bonds is 7. The van der Waals surface area contributed by atoms with E-state index in [-0.39, 0.29) is 11.6 Å². The van der Waals surface area contributed by atoms with Crippen LogP contribution in [0, 0.1) is 0 Å². The summed E-state index contributed by atoms with van der Waals surface area (Å²) >= 11 is 0. The smallest absolute Gasteiger partial charge is 0.273 e. The Hall–Kier alpha value is -0.850. The summed E-state index contributed by atoms with van der Waals surface area (Å²) in [5.41, 5.74) is 5.34. The zero-order chi connectivity index (χ0) is 12.0. The van der Waals surface area contributed by atoms with Crippen molar-refractivity contribution >= 4 is 10.0 Å². The van der Waals surface area contributed by atoms with Gasteiger partial charge in [-0.3, -0.25) is 0 Å². The minimum atomic E-state index is -3.50. The van der Waals surface area contributed by atoms with Gasteiger partial charge in [-0.2, -0.15) is 0 Å². The van der Waals surface area contributed by atoms with Crippen LogP contribution in [0.1, 0.15) is 31.9 Å². The summed E-state index contributed by atoms with van der Waals surface area (Å²) in [5.74, 6) is 0.467. The summed E-state index contributed by atoms with van der Waals surface area (Å²) < 4.78 is 30.9. The summed E-state index contributed by atoms with van der Waals surface area (Å²) in [6, 6.07) is 2.99. The molecular formula is C10H18N2O3S. The molecule has 0 saturated heterocycles. The summed E-state index contributed by atoms with van der Waals surface area (Å²) in [6.45, 7) is 2.70. The van der Waals surface area contributed by atoms with E-state index in [4.69, 9.17) is 10.2 Å². The molecule has 0 aliphatic carbocycles. The van der Waals surface area contributed by atoms with Gasteiger partial charge in [-0.1, -0.05) is 19.8 Å². The van der Waals surface area contributed by atoms with Gasteiger partial charge >= 0.3 is 0 Å². The van der Waals surface area contributed by atoms with Crippen molar-refractivity contribution in [2.45, 2.75) is 37.8 Å². The fourth-order valence-corrected chi connectivity index (χ4v) is 2.28. The highest BCUT2D eigenvalue weighted by Crippen LogP contribution is 2.13. The van der Waals surface area contributed by atoms with Gasteiger partial charge in [0.2, 0.25) is 5.09 Å². The molecule has 92 valence electrons. The molecule has 0 spiro atoms. The average molecular weight is 246 g/mol. The minimum Gasteiger partial charge on any atom is -0.447 e. The Morgan fingerprint density at radius 3 is 2.69 bits per heavy atom. The SMILES string of the molecule is CCCCCNS(=O)(=O)c1ccc(CN)o1. The van der Waals surface area contributed by atoms with E-state index in [1.54, 1.807) is 6.07 Å². The molecule has 0 aliphatic heterocycles. The topological polar surface area (TPSA) is 85.3 Å². The number of sulfonamides is 1. The predicted octanol–water partition coefficient (Wildman–Crippen LogP) is 1.21. The molecule has 0 atom stereocenters. The standard InChI is InChI=1S/C10H18N2O3S/c1-2-3-4-7-12-16(13,14)10-6-5-9(8-11)15-10/h5-6,12H,2-4,7-8,11H2,1H3. The number of nitrogens with two attached hydrogens (primary N) is 1. The van der Waals surface area contributed by atoms with Crippen molar-refractivity contribution in [1.29, 1.82) is 0 Å². The van der Waals surface area contributed by atoms with Crippen LogP contribution in [0.4, 0.5) is 0 Å². The molecule has 1 rings (SSSR count). The number of hydrogen-bond acceptors (Lipinski definition) is 4. The second kappa shape index (κ2) is 6.03. The summed E-state index contributed by atoms with van der Waals surface area (Å²) in [4.78, 5) is 0. The maximum Gasteiger partial charge on any atom is 0.273 e. The maximum absolute atomic E-state index is 11.7. The molecular weight excluding hydrogens is 228 g/mol. The Labute approximate surface area is 96.1 Å². The number of hydrogen-bond donors (Lipinski definition) is 2. The van der Waals surface area contributed by atoms with Crippen LogP contribution in [0.15, 0.2) is 21.6 Å². The highest BCUT2D eigenvalue weighted by Gasteiger charge is 2.17. The van der Waals surface area contributed by atoms with Gasteiger partial charge in [-0.05, 0) is 18.6 Å². The van der Waals surface area contributed by atoms with E-state index in [1.807, 2.05) is 0 Å². The zero-order valence-corrected chi connectivity index (χ0v) is 10.2. The molecule has 0 saturated carbocycles. The summed E-state index contributed by atoms with van der Waals surface area (Å²) in [7, 11) is -3.50. The van der Waals surface area contributed by atoms with Crippen LogP contribution in [0.25, 0.3) is 0 Å². The molecule has 0 radical (unpaired) electrons. The van der Waals surface area contributed by atoms with Gasteiger partial charge in [0, 0.05) is 6.54 Å². The molecule has 0 fully saturated rings. The minimum absolute atomic E-state index is 0.0653. The lowest BCUT2D eigenvalue weighted by molar-refractivity contribution is 0.412. The lowest BCUT2D eigenvalue weighted by Gasteiger charge is -2.03. The molecule has 16 heavy (non-hydrogen) atoms. The second-order valence-electron chi connectivity index (χ2n) is 3.53. The van der Waals surface area contributed by atoms with Crippen LogP contribution >= 0.6 is 0 Å². The van der Waals surface area contributed by atoms with Crippen molar-refractivity contribution in [1.82, 2.24) is 4.72 Å². The predicted molar refractivity (Wildman–Crippen MR) is 61.3 cm³/mol. The first-order valence-electron chi connectivity index (χ1n) is 5.38. The molecule has 0 unspecified atom stereocenters. The van der Waals surface area contributed by atoms with Crippen LogP contribution in [0.3, 0.4) is 0 Å². The first-order chi connectivity index (χ1) is 7.60. The van der Waals surface area contributed by atoms with Crippen LogP contribution in [0.5, 0.6) is 0 Å². The zero-order valence-electron chi connectivity index (χ0n) is 9.40. The van der Waals surface area contributed by atoms with E-state index >= 15 is 0 Å². The molecule has 0 amide bonds. The van der Waals surface area contributed by atoms with Gasteiger partial charge in [0.25, 0.3) is 10.0 Å². The van der Waals surface area contributed by atoms with E-state index in [1.165, 1.54) is 6.07 Å². The van der Waals surface area contributed by atoms with Gasteiger partial charge in [0.05, 0.1) is 6.54 Å². The van der Waals surface area contributed by atoms with Crippen molar-refractivity contribution in [3.63, 3.8) is 0 Å². The lowest BCUT2D eigenvalue weighted by atomic mass is 10.3. The molecule has 1 aromatic rings. The van der Waals surface area contributed by atoms with Crippen LogP contribution in [-0.4, -0.2) is 15.0 Å². The normalized spacial score (nSPS) is 11.9. The molecule has 0 aliphatic rings. The van der Waals surface area contributed by atoms with E-state index in [2.05, 4.69) is 11.6 Å². The van der Waals surface area contributed by atoms with Gasteiger partial charge in [0.1, 0.15) is 5.76 Å². The highest BCUT2D eigenvalue weighted by molar-refractivity contribution is 7.89. The van der Waals surface area contributed by atoms with Crippen molar-refractivity contribution in [2.24, 2.45) is 5.73 Å². The molecule has 0 bridgehead atoms. The fraction of sp³-hybridized carbons (Fsp3) is 0.600. The molecule has 0 aromatic carbocycles. The van der Waals surface area contributed by atoms with Gasteiger partial charge in [-0.15, -0.1) is 0 Å². The molecule has 1 heterocycles. The molecule has 5 nitrogen and oxygen atoms in total. The third-order valence-corrected chi connectivity index (χ3v) is 3.51. The molecule has 6 heteroatoms. The van der Waals surface area contributed by atoms with Gasteiger partial charge < -0.3 is 10.2 Å². The lowest BCUT2D eigenvalue weighted by Crippen LogP contribution is -2.24. The van der Waals surface area contributed by atoms with E-state index < -0.39 is 10.0 Å². The van der Waals surface area contributed by atoms with Crippen molar-refractivity contribution in [3.8, 4) is 0 Å². The largest absolute Gasteiger partial charge is 0.447 e. The Morgan fingerprint density at radius 1 is 1.38 bits per heavy atom. The Bertz CT molecular complexity index is 411.